The van der Waals surface area contributed by atoms with Gasteiger partial charge in [-0.15, -0.1) is 0 Å². The minimum atomic E-state index is -0.119. The third kappa shape index (κ3) is 3.34. The largest absolute Gasteiger partial charge is 0.309 e. The summed E-state index contributed by atoms with van der Waals surface area (Å²) in [6.45, 7) is 2.38. The molecule has 24 heavy (non-hydrogen) atoms. The smallest absolute Gasteiger partial charge is 0.261 e. The van der Waals surface area contributed by atoms with Crippen molar-refractivity contribution in [3.63, 3.8) is 0 Å². The van der Waals surface area contributed by atoms with Gasteiger partial charge in [0.05, 0.1) is 17.2 Å². The molecule has 0 unspecified atom stereocenters. The number of hydrogen-bond donors (Lipinski definition) is 1. The van der Waals surface area contributed by atoms with Gasteiger partial charge < -0.3 is 5.32 Å². The minimum absolute atomic E-state index is 0.0752. The van der Waals surface area contributed by atoms with Crippen LogP contribution in [-0.2, 0) is 18.4 Å². The van der Waals surface area contributed by atoms with Gasteiger partial charge in [0.25, 0.3) is 5.56 Å². The van der Waals surface area contributed by atoms with Crippen molar-refractivity contribution < 1.29 is 4.79 Å². The maximum absolute atomic E-state index is 12.5. The van der Waals surface area contributed by atoms with Crippen LogP contribution in [0, 0.1) is 6.92 Å². The van der Waals surface area contributed by atoms with Gasteiger partial charge in [0, 0.05) is 32.3 Å². The number of fused-ring (bicyclic) bond motifs is 1. The number of benzene rings is 1. The lowest BCUT2D eigenvalue weighted by atomic mass is 10.1. The zero-order chi connectivity index (χ0) is 17.1. The number of nitrogens with one attached hydrogen (secondary N) is 1. The first-order chi connectivity index (χ1) is 11.5. The molecular formula is C17H19N5O2. The van der Waals surface area contributed by atoms with E-state index in [1.807, 2.05) is 19.1 Å². The topological polar surface area (TPSA) is 81.8 Å². The molecule has 3 rings (SSSR count). The first-order valence-corrected chi connectivity index (χ1v) is 7.79. The molecule has 0 saturated carbocycles. The fourth-order valence-corrected chi connectivity index (χ4v) is 2.59. The van der Waals surface area contributed by atoms with E-state index >= 15 is 0 Å². The van der Waals surface area contributed by atoms with Gasteiger partial charge in [0.2, 0.25) is 5.91 Å². The van der Waals surface area contributed by atoms with Crippen LogP contribution in [0.4, 0.5) is 5.82 Å². The molecule has 2 heterocycles. The van der Waals surface area contributed by atoms with Crippen LogP contribution in [-0.4, -0.2) is 25.2 Å². The lowest BCUT2D eigenvalue weighted by Gasteiger charge is -2.07. The van der Waals surface area contributed by atoms with Crippen molar-refractivity contribution >= 4 is 22.6 Å². The maximum Gasteiger partial charge on any atom is 0.261 e. The van der Waals surface area contributed by atoms with Crippen molar-refractivity contribution in [1.82, 2.24) is 19.3 Å². The van der Waals surface area contributed by atoms with Crippen LogP contribution in [0.25, 0.3) is 10.9 Å². The van der Waals surface area contributed by atoms with Gasteiger partial charge in [-0.2, -0.15) is 5.10 Å². The minimum Gasteiger partial charge on any atom is -0.309 e. The molecule has 0 atom stereocenters. The highest BCUT2D eigenvalue weighted by Gasteiger charge is 2.08. The van der Waals surface area contributed by atoms with E-state index in [0.29, 0.717) is 30.6 Å². The number of hydrogen-bond acceptors (Lipinski definition) is 4. The number of anilines is 1. The first-order valence-electron chi connectivity index (χ1n) is 7.79. The van der Waals surface area contributed by atoms with Gasteiger partial charge >= 0.3 is 0 Å². The molecule has 1 aromatic carbocycles. The third-order valence-electron chi connectivity index (χ3n) is 3.84. The number of nitrogens with zero attached hydrogens (tertiary/aromatic N) is 4. The number of carbonyl (C=O) groups excluding carboxylic acids is 1. The summed E-state index contributed by atoms with van der Waals surface area (Å²) in [5.74, 6) is 0.411. The highest BCUT2D eigenvalue weighted by atomic mass is 16.1. The summed E-state index contributed by atoms with van der Waals surface area (Å²) in [6, 6.07) is 7.30. The van der Waals surface area contributed by atoms with E-state index in [4.69, 9.17) is 0 Å². The maximum atomic E-state index is 12.5. The molecule has 7 heteroatoms. The van der Waals surface area contributed by atoms with Crippen molar-refractivity contribution in [1.29, 1.82) is 0 Å². The van der Waals surface area contributed by atoms with Gasteiger partial charge in [-0.05, 0) is 25.0 Å². The van der Waals surface area contributed by atoms with Gasteiger partial charge in [0.15, 0.2) is 5.82 Å². The van der Waals surface area contributed by atoms with Crippen molar-refractivity contribution in [2.75, 3.05) is 5.32 Å². The molecule has 0 bridgehead atoms. The average Bonchev–Trinajstić information content (AvgIpc) is 2.95. The normalized spacial score (nSPS) is 10.9. The Hall–Kier alpha value is -2.96. The van der Waals surface area contributed by atoms with E-state index < -0.39 is 0 Å². The van der Waals surface area contributed by atoms with Crippen LogP contribution < -0.4 is 10.9 Å². The van der Waals surface area contributed by atoms with Crippen LogP contribution in [0.3, 0.4) is 0 Å². The van der Waals surface area contributed by atoms with Crippen LogP contribution in [0.2, 0.25) is 0 Å². The molecular weight excluding hydrogens is 306 g/mol. The molecule has 0 aliphatic carbocycles. The second-order valence-electron chi connectivity index (χ2n) is 5.74. The van der Waals surface area contributed by atoms with Crippen LogP contribution >= 0.6 is 0 Å². The molecule has 0 saturated heterocycles. The lowest BCUT2D eigenvalue weighted by molar-refractivity contribution is -0.116. The summed E-state index contributed by atoms with van der Waals surface area (Å²) in [7, 11) is 1.79. The molecule has 3 aromatic rings. The summed E-state index contributed by atoms with van der Waals surface area (Å²) in [5.41, 5.74) is 1.63. The summed E-state index contributed by atoms with van der Waals surface area (Å²) in [4.78, 5) is 28.7. The fraction of sp³-hybridized carbons (Fsp3) is 0.294. The first kappa shape index (κ1) is 15.9. The van der Waals surface area contributed by atoms with Crippen molar-refractivity contribution in [2.24, 2.45) is 7.05 Å². The molecule has 0 aliphatic rings. The Morgan fingerprint density at radius 1 is 1.29 bits per heavy atom. The quantitative estimate of drug-likeness (QED) is 0.776. The fourth-order valence-electron chi connectivity index (χ4n) is 2.59. The predicted molar refractivity (Wildman–Crippen MR) is 91.8 cm³/mol. The van der Waals surface area contributed by atoms with E-state index in [1.54, 1.807) is 41.0 Å². The molecule has 0 fully saturated rings. The number of aryl methyl sites for hydroxylation is 3. The zero-order valence-corrected chi connectivity index (χ0v) is 13.7. The number of amides is 1. The summed E-state index contributed by atoms with van der Waals surface area (Å²) >= 11 is 0. The van der Waals surface area contributed by atoms with E-state index in [0.717, 1.165) is 11.1 Å². The monoisotopic (exact) mass is 325 g/mol. The van der Waals surface area contributed by atoms with E-state index in [2.05, 4.69) is 15.4 Å². The standard InChI is InChI=1S/C17H19N5O2/c1-12-5-3-6-13-16(12)18-11-22(17(13)24)9-4-7-15(23)19-14-8-10-21(2)20-14/h3,5-6,8,10-11H,4,7,9H2,1-2H3,(H,19,20,23). The van der Waals surface area contributed by atoms with Crippen LogP contribution in [0.5, 0.6) is 0 Å². The lowest BCUT2D eigenvalue weighted by Crippen LogP contribution is -2.22. The Balaban J connectivity index is 1.62. The summed E-state index contributed by atoms with van der Waals surface area (Å²) < 4.78 is 3.17. The third-order valence-corrected chi connectivity index (χ3v) is 3.84. The molecule has 2 aromatic heterocycles. The average molecular weight is 325 g/mol. The second-order valence-corrected chi connectivity index (χ2v) is 5.74. The number of rotatable bonds is 5. The molecule has 0 aliphatic heterocycles. The molecule has 7 nitrogen and oxygen atoms in total. The highest BCUT2D eigenvalue weighted by Crippen LogP contribution is 2.11. The van der Waals surface area contributed by atoms with Gasteiger partial charge in [-0.3, -0.25) is 18.8 Å². The number of para-hydroxylation sites is 1. The van der Waals surface area contributed by atoms with E-state index in [-0.39, 0.29) is 11.5 Å². The number of carbonyl (C=O) groups is 1. The Morgan fingerprint density at radius 3 is 2.88 bits per heavy atom. The number of aromatic nitrogens is 4. The zero-order valence-electron chi connectivity index (χ0n) is 13.7. The molecule has 124 valence electrons. The highest BCUT2D eigenvalue weighted by molar-refractivity contribution is 5.89. The SMILES string of the molecule is Cc1cccc2c(=O)n(CCCC(=O)Nc3ccn(C)n3)cnc12. The van der Waals surface area contributed by atoms with Crippen molar-refractivity contribution in [3.05, 3.63) is 52.7 Å². The molecule has 0 spiro atoms. The van der Waals surface area contributed by atoms with E-state index in [1.165, 1.54) is 0 Å². The van der Waals surface area contributed by atoms with Crippen molar-refractivity contribution in [2.45, 2.75) is 26.3 Å². The molecule has 0 radical (unpaired) electrons. The summed E-state index contributed by atoms with van der Waals surface area (Å²) in [5, 5.41) is 7.43. The van der Waals surface area contributed by atoms with Crippen LogP contribution in [0.15, 0.2) is 41.6 Å². The van der Waals surface area contributed by atoms with E-state index in [9.17, 15) is 9.59 Å². The Labute approximate surface area is 138 Å². The summed E-state index contributed by atoms with van der Waals surface area (Å²) in [6.07, 6.45) is 4.18. The molecule has 1 amide bonds. The Bertz CT molecular complexity index is 942. The Kier molecular flexibility index (Phi) is 4.41. The van der Waals surface area contributed by atoms with Crippen LogP contribution in [0.1, 0.15) is 18.4 Å². The predicted octanol–water partition coefficient (Wildman–Crippen LogP) is 1.86. The van der Waals surface area contributed by atoms with Gasteiger partial charge in [-0.1, -0.05) is 12.1 Å². The second kappa shape index (κ2) is 6.66. The van der Waals surface area contributed by atoms with Gasteiger partial charge in [0.1, 0.15) is 0 Å². The Morgan fingerprint density at radius 2 is 2.12 bits per heavy atom. The van der Waals surface area contributed by atoms with Gasteiger partial charge in [-0.25, -0.2) is 4.98 Å². The molecule has 1 N–H and O–H groups in total. The van der Waals surface area contributed by atoms with Crippen molar-refractivity contribution in [3.8, 4) is 0 Å².